The van der Waals surface area contributed by atoms with Crippen molar-refractivity contribution >= 4 is 45.2 Å². The Morgan fingerprint density at radius 3 is 2.86 bits per heavy atom. The summed E-state index contributed by atoms with van der Waals surface area (Å²) in [7, 11) is 0. The number of ether oxygens (including phenoxy) is 1. The molecule has 3 N–H and O–H groups in total. The highest BCUT2D eigenvalue weighted by Gasteiger charge is 2.37. The summed E-state index contributed by atoms with van der Waals surface area (Å²) in [5.41, 5.74) is 10.0. The molecule has 2 aliphatic heterocycles. The summed E-state index contributed by atoms with van der Waals surface area (Å²) in [6, 6.07) is 13.9. The van der Waals surface area contributed by atoms with Crippen LogP contribution in [-0.2, 0) is 17.9 Å². The molecular weight excluding hydrogens is 544 g/mol. The van der Waals surface area contributed by atoms with Crippen molar-refractivity contribution in [2.45, 2.75) is 50.7 Å². The lowest BCUT2D eigenvalue weighted by molar-refractivity contribution is -0.121. The lowest BCUT2D eigenvalue weighted by atomic mass is 10.1. The Labute approximate surface area is 247 Å². The van der Waals surface area contributed by atoms with Gasteiger partial charge in [-0.3, -0.25) is 9.59 Å². The molecule has 1 amide bonds. The normalized spacial score (nSPS) is 18.1. The predicted octanol–water partition coefficient (Wildman–Crippen LogP) is 4.24. The summed E-state index contributed by atoms with van der Waals surface area (Å²) in [4.78, 5) is 37.4. The van der Waals surface area contributed by atoms with Gasteiger partial charge in [0.15, 0.2) is 12.3 Å². The van der Waals surface area contributed by atoms with Crippen LogP contribution < -0.4 is 26.2 Å². The minimum atomic E-state index is -0.182. The van der Waals surface area contributed by atoms with E-state index in [-0.39, 0.29) is 23.6 Å². The van der Waals surface area contributed by atoms with Crippen LogP contribution in [0.3, 0.4) is 0 Å². The fourth-order valence-electron chi connectivity index (χ4n) is 6.10. The van der Waals surface area contributed by atoms with E-state index in [9.17, 15) is 9.59 Å². The third kappa shape index (κ3) is 4.56. The molecule has 0 radical (unpaired) electrons. The maximum absolute atomic E-state index is 13.6. The van der Waals surface area contributed by atoms with E-state index < -0.39 is 0 Å². The van der Waals surface area contributed by atoms with Crippen molar-refractivity contribution in [1.29, 1.82) is 0 Å². The topological polar surface area (TPSA) is 125 Å². The van der Waals surface area contributed by atoms with E-state index in [0.717, 1.165) is 55.2 Å². The maximum Gasteiger partial charge on any atom is 0.278 e. The maximum atomic E-state index is 13.6. The van der Waals surface area contributed by atoms with Crippen molar-refractivity contribution < 1.29 is 9.53 Å². The molecule has 8 rings (SSSR count). The Bertz CT molecular complexity index is 2000. The number of aryl methyl sites for hydroxylation is 1. The van der Waals surface area contributed by atoms with Crippen molar-refractivity contribution in [3.8, 4) is 11.4 Å². The zero-order chi connectivity index (χ0) is 29.1. The number of nitrogens with zero attached hydrogens (tertiary/aromatic N) is 6. The average molecular weight is 577 g/mol. The summed E-state index contributed by atoms with van der Waals surface area (Å²) in [5, 5.41) is 4.86. The van der Waals surface area contributed by atoms with Crippen molar-refractivity contribution in [2.24, 2.45) is 5.73 Å². The Morgan fingerprint density at radius 1 is 1.07 bits per heavy atom. The Balaban J connectivity index is 1.17. The molecule has 0 saturated heterocycles. The molecule has 1 aliphatic carbocycles. The van der Waals surface area contributed by atoms with Gasteiger partial charge in [0.25, 0.3) is 11.5 Å². The predicted molar refractivity (Wildman–Crippen MR) is 165 cm³/mol. The van der Waals surface area contributed by atoms with E-state index in [1.165, 1.54) is 0 Å². The second-order valence-electron chi connectivity index (χ2n) is 11.7. The molecule has 0 unspecified atom stereocenters. The summed E-state index contributed by atoms with van der Waals surface area (Å²) >= 11 is 0. The minimum Gasteiger partial charge on any atom is -0.482 e. The number of fused-ring (bicyclic) bond motifs is 6. The van der Waals surface area contributed by atoms with Crippen LogP contribution in [0.15, 0.2) is 71.8 Å². The van der Waals surface area contributed by atoms with Crippen LogP contribution in [0.1, 0.15) is 32.1 Å². The number of hydrogen-bond donors (Lipinski definition) is 2. The SMILES string of the molecule is NC1(CCn2ccc3cc(Nc4ncc5c(=O)n6n(c5n4)-c4ccc5c(c4)N(CCC/C=C\C6)C(=O)CO5)ccc32)CC1. The van der Waals surface area contributed by atoms with Crippen molar-refractivity contribution in [1.82, 2.24) is 23.9 Å². The highest BCUT2D eigenvalue weighted by atomic mass is 16.5. The van der Waals surface area contributed by atoms with Gasteiger partial charge in [0, 0.05) is 47.6 Å². The number of anilines is 3. The fraction of sp³-hybridized carbons (Fsp3) is 0.312. The lowest BCUT2D eigenvalue weighted by Gasteiger charge is -2.30. The molecule has 3 aromatic heterocycles. The molecule has 3 aliphatic rings. The molecular formula is C32H32N8O3. The number of carbonyl (C=O) groups is 1. The van der Waals surface area contributed by atoms with Crippen molar-refractivity contribution in [2.75, 3.05) is 23.4 Å². The molecule has 2 bridgehead atoms. The molecule has 1 saturated carbocycles. The zero-order valence-electron chi connectivity index (χ0n) is 23.7. The fourth-order valence-corrected chi connectivity index (χ4v) is 6.10. The number of nitrogens with two attached hydrogens (primary N) is 1. The minimum absolute atomic E-state index is 0.0172. The molecule has 1 fully saturated rings. The lowest BCUT2D eigenvalue weighted by Crippen LogP contribution is -2.39. The van der Waals surface area contributed by atoms with E-state index in [1.807, 2.05) is 30.3 Å². The first-order valence-electron chi connectivity index (χ1n) is 14.8. The third-order valence-corrected chi connectivity index (χ3v) is 8.77. The van der Waals surface area contributed by atoms with Crippen LogP contribution in [0.2, 0.25) is 0 Å². The number of hydrogen-bond acceptors (Lipinski definition) is 7. The van der Waals surface area contributed by atoms with Gasteiger partial charge in [-0.05, 0) is 74.6 Å². The highest BCUT2D eigenvalue weighted by molar-refractivity contribution is 5.98. The van der Waals surface area contributed by atoms with Gasteiger partial charge in [-0.1, -0.05) is 12.2 Å². The first-order valence-corrected chi connectivity index (χ1v) is 14.8. The summed E-state index contributed by atoms with van der Waals surface area (Å²) in [6.45, 7) is 1.90. The summed E-state index contributed by atoms with van der Waals surface area (Å²) in [5.74, 6) is 0.955. The van der Waals surface area contributed by atoms with E-state index in [4.69, 9.17) is 15.5 Å². The molecule has 0 atom stereocenters. The van der Waals surface area contributed by atoms with Crippen LogP contribution in [0.4, 0.5) is 17.3 Å². The first kappa shape index (κ1) is 25.8. The smallest absolute Gasteiger partial charge is 0.278 e. The van der Waals surface area contributed by atoms with Gasteiger partial charge < -0.3 is 25.3 Å². The first-order chi connectivity index (χ1) is 21.0. The van der Waals surface area contributed by atoms with Gasteiger partial charge in [0.2, 0.25) is 5.95 Å². The van der Waals surface area contributed by atoms with Crippen LogP contribution >= 0.6 is 0 Å². The highest BCUT2D eigenvalue weighted by Crippen LogP contribution is 2.37. The quantitative estimate of drug-likeness (QED) is 0.300. The number of benzene rings is 2. The standard InChI is InChI=1S/C32H32N8O3/c33-32(10-11-32)12-16-37-15-9-21-17-22(5-7-25(21)37)35-31-34-19-24-29(36-31)40-23-6-8-27-26(18-23)38(28(41)20-43-27)13-3-1-2-4-14-39(40)30(24)42/h2,4-9,15,17-19H,1,3,10-14,16,20,33H2,(H,34,35,36)/b4-2-. The van der Waals surface area contributed by atoms with E-state index >= 15 is 0 Å². The number of nitrogens with one attached hydrogen (secondary N) is 1. The average Bonchev–Trinajstić information content (AvgIpc) is 3.51. The number of rotatable bonds is 5. The molecule has 5 aromatic rings. The largest absolute Gasteiger partial charge is 0.482 e. The van der Waals surface area contributed by atoms with Gasteiger partial charge in [0.05, 0.1) is 17.9 Å². The number of carbonyl (C=O) groups excluding carboxylic acids is 1. The Morgan fingerprint density at radius 2 is 1.98 bits per heavy atom. The van der Waals surface area contributed by atoms with E-state index in [0.29, 0.717) is 47.2 Å². The molecule has 2 aromatic carbocycles. The van der Waals surface area contributed by atoms with Crippen molar-refractivity contribution in [3.63, 3.8) is 0 Å². The number of amides is 1. The van der Waals surface area contributed by atoms with Crippen molar-refractivity contribution in [3.05, 3.63) is 77.4 Å². The summed E-state index contributed by atoms with van der Waals surface area (Å²) in [6.07, 6.45) is 12.5. The van der Waals surface area contributed by atoms with Crippen LogP contribution in [-0.4, -0.2) is 48.5 Å². The van der Waals surface area contributed by atoms with Crippen LogP contribution in [0.25, 0.3) is 27.6 Å². The number of allylic oxidation sites excluding steroid dienone is 2. The second kappa shape index (κ2) is 9.84. The second-order valence-corrected chi connectivity index (χ2v) is 11.7. The van der Waals surface area contributed by atoms with Gasteiger partial charge in [-0.2, -0.15) is 4.98 Å². The molecule has 5 heterocycles. The van der Waals surface area contributed by atoms with E-state index in [2.05, 4.69) is 45.3 Å². The van der Waals surface area contributed by atoms with Gasteiger partial charge in [-0.25, -0.2) is 14.3 Å². The van der Waals surface area contributed by atoms with Crippen LogP contribution in [0.5, 0.6) is 5.75 Å². The van der Waals surface area contributed by atoms with E-state index in [1.54, 1.807) is 20.5 Å². The molecule has 218 valence electrons. The molecule has 0 spiro atoms. The molecule has 11 heteroatoms. The monoisotopic (exact) mass is 576 g/mol. The van der Waals surface area contributed by atoms with Gasteiger partial charge in [-0.15, -0.1) is 0 Å². The Kier molecular flexibility index (Phi) is 5.90. The molecule has 11 nitrogen and oxygen atoms in total. The Hall–Kier alpha value is -4.90. The van der Waals surface area contributed by atoms with Crippen LogP contribution in [0, 0.1) is 0 Å². The molecule has 43 heavy (non-hydrogen) atoms. The summed E-state index contributed by atoms with van der Waals surface area (Å²) < 4.78 is 11.4. The zero-order valence-corrected chi connectivity index (χ0v) is 23.7. The van der Waals surface area contributed by atoms with Gasteiger partial charge in [0.1, 0.15) is 11.1 Å². The number of aromatic nitrogens is 5. The van der Waals surface area contributed by atoms with Gasteiger partial charge >= 0.3 is 0 Å². The third-order valence-electron chi connectivity index (χ3n) is 8.77.